The van der Waals surface area contributed by atoms with Gasteiger partial charge in [0, 0.05) is 19.1 Å². The Bertz CT molecular complexity index is 266. The minimum absolute atomic E-state index is 0.105. The number of likely N-dealkylation sites (N-methyl/N-ethyl adjacent to an activating group) is 2. The summed E-state index contributed by atoms with van der Waals surface area (Å²) >= 11 is 0. The highest BCUT2D eigenvalue weighted by Gasteiger charge is 2.50. The van der Waals surface area contributed by atoms with Crippen LogP contribution in [0.4, 0.5) is 0 Å². The van der Waals surface area contributed by atoms with Gasteiger partial charge in [-0.05, 0) is 33.7 Å². The third-order valence-electron chi connectivity index (χ3n) is 4.39. The highest BCUT2D eigenvalue weighted by Crippen LogP contribution is 2.35. The van der Waals surface area contributed by atoms with Gasteiger partial charge >= 0.3 is 0 Å². The van der Waals surface area contributed by atoms with Crippen molar-refractivity contribution in [1.29, 1.82) is 0 Å². The molecule has 88 valence electrons. The van der Waals surface area contributed by atoms with Crippen molar-refractivity contribution in [3.05, 3.63) is 0 Å². The Morgan fingerprint density at radius 3 is 2.13 bits per heavy atom. The lowest BCUT2D eigenvalue weighted by molar-refractivity contribution is -0.158. The molecule has 0 aromatic rings. The van der Waals surface area contributed by atoms with Gasteiger partial charge in [-0.3, -0.25) is 9.69 Å². The monoisotopic (exact) mass is 212 g/mol. The molecule has 3 nitrogen and oxygen atoms in total. The number of carbonyl (C=O) groups excluding carboxylic acids is 1. The second-order valence-electron chi connectivity index (χ2n) is 5.20. The van der Waals surface area contributed by atoms with Crippen LogP contribution in [0.2, 0.25) is 0 Å². The van der Waals surface area contributed by atoms with Gasteiger partial charge in [0.1, 0.15) is 0 Å². The predicted molar refractivity (Wildman–Crippen MR) is 62.8 cm³/mol. The van der Waals surface area contributed by atoms with Crippen molar-refractivity contribution < 1.29 is 4.79 Å². The van der Waals surface area contributed by atoms with E-state index in [1.54, 1.807) is 0 Å². The number of piperazine rings is 1. The van der Waals surface area contributed by atoms with Crippen molar-refractivity contribution in [2.24, 2.45) is 0 Å². The molecule has 1 saturated heterocycles. The molecule has 1 amide bonds. The second kappa shape index (κ2) is 3.78. The van der Waals surface area contributed by atoms with Crippen molar-refractivity contribution >= 4 is 5.91 Å². The van der Waals surface area contributed by atoms with Gasteiger partial charge < -0.3 is 4.90 Å². The zero-order valence-electron chi connectivity index (χ0n) is 10.9. The van der Waals surface area contributed by atoms with Gasteiger partial charge in [-0.25, -0.2) is 0 Å². The summed E-state index contributed by atoms with van der Waals surface area (Å²) in [6.07, 6.45) is 1.93. The van der Waals surface area contributed by atoms with E-state index >= 15 is 0 Å². The van der Waals surface area contributed by atoms with Crippen molar-refractivity contribution in [1.82, 2.24) is 9.80 Å². The Hall–Kier alpha value is -0.570. The molecule has 0 aromatic heterocycles. The highest BCUT2D eigenvalue weighted by molar-refractivity contribution is 5.86. The molecule has 0 radical (unpaired) electrons. The minimum atomic E-state index is -0.336. The lowest BCUT2D eigenvalue weighted by Crippen LogP contribution is -2.70. The van der Waals surface area contributed by atoms with E-state index in [1.165, 1.54) is 0 Å². The molecule has 1 rings (SSSR count). The molecule has 0 aliphatic carbocycles. The third kappa shape index (κ3) is 1.67. The summed E-state index contributed by atoms with van der Waals surface area (Å²) in [4.78, 5) is 16.3. The third-order valence-corrected chi connectivity index (χ3v) is 4.39. The summed E-state index contributed by atoms with van der Waals surface area (Å²) in [6, 6.07) is 0. The average Bonchev–Trinajstić information content (AvgIpc) is 2.23. The Morgan fingerprint density at radius 1 is 1.20 bits per heavy atom. The Balaban J connectivity index is 3.11. The van der Waals surface area contributed by atoms with Crippen LogP contribution in [0.1, 0.15) is 40.5 Å². The van der Waals surface area contributed by atoms with Gasteiger partial charge in [0.15, 0.2) is 0 Å². The first kappa shape index (κ1) is 12.5. The number of carbonyl (C=O) groups is 1. The molecule has 1 aliphatic rings. The van der Waals surface area contributed by atoms with E-state index in [0.29, 0.717) is 0 Å². The Kier molecular flexibility index (Phi) is 3.15. The fraction of sp³-hybridized carbons (Fsp3) is 0.917. The first-order chi connectivity index (χ1) is 6.81. The van der Waals surface area contributed by atoms with E-state index in [0.717, 1.165) is 19.4 Å². The van der Waals surface area contributed by atoms with E-state index < -0.39 is 0 Å². The summed E-state index contributed by atoms with van der Waals surface area (Å²) in [6.45, 7) is 9.40. The van der Waals surface area contributed by atoms with Crippen molar-refractivity contribution in [3.8, 4) is 0 Å². The Morgan fingerprint density at radius 2 is 1.73 bits per heavy atom. The summed E-state index contributed by atoms with van der Waals surface area (Å²) in [5, 5.41) is 0. The first-order valence-corrected chi connectivity index (χ1v) is 5.81. The topological polar surface area (TPSA) is 23.6 Å². The van der Waals surface area contributed by atoms with E-state index in [4.69, 9.17) is 0 Å². The van der Waals surface area contributed by atoms with Crippen LogP contribution in [0, 0.1) is 0 Å². The lowest BCUT2D eigenvalue weighted by atomic mass is 9.82. The first-order valence-electron chi connectivity index (χ1n) is 5.81. The maximum Gasteiger partial charge on any atom is 0.242 e. The van der Waals surface area contributed by atoms with Crippen LogP contribution in [0.25, 0.3) is 0 Å². The SMILES string of the molecule is CCC1(C)CN(C)C(=O)C(C)(CC)N1C. The second-order valence-corrected chi connectivity index (χ2v) is 5.20. The van der Waals surface area contributed by atoms with Gasteiger partial charge in [-0.15, -0.1) is 0 Å². The number of rotatable bonds is 2. The standard InChI is InChI=1S/C12H24N2O/c1-7-11(3)9-13(5)10(15)12(4,8-2)14(11)6/h7-9H2,1-6H3. The molecule has 1 heterocycles. The largest absolute Gasteiger partial charge is 0.342 e. The zero-order chi connectivity index (χ0) is 11.9. The average molecular weight is 212 g/mol. The normalized spacial score (nSPS) is 38.5. The number of nitrogens with zero attached hydrogens (tertiary/aromatic N) is 2. The van der Waals surface area contributed by atoms with Gasteiger partial charge in [-0.2, -0.15) is 0 Å². The van der Waals surface area contributed by atoms with E-state index in [2.05, 4.69) is 39.6 Å². The molecule has 3 heteroatoms. The lowest BCUT2D eigenvalue weighted by Gasteiger charge is -2.55. The van der Waals surface area contributed by atoms with Gasteiger partial charge in [0.2, 0.25) is 5.91 Å². The van der Waals surface area contributed by atoms with Crippen LogP contribution in [0.5, 0.6) is 0 Å². The van der Waals surface area contributed by atoms with Gasteiger partial charge in [-0.1, -0.05) is 13.8 Å². The van der Waals surface area contributed by atoms with Crippen LogP contribution in [0.15, 0.2) is 0 Å². The molecule has 1 fully saturated rings. The van der Waals surface area contributed by atoms with Crippen LogP contribution in [-0.4, -0.2) is 47.4 Å². The number of hydrogen-bond donors (Lipinski definition) is 0. The summed E-state index contributed by atoms with van der Waals surface area (Å²) < 4.78 is 0. The van der Waals surface area contributed by atoms with E-state index in [-0.39, 0.29) is 17.0 Å². The zero-order valence-corrected chi connectivity index (χ0v) is 10.9. The molecular formula is C12H24N2O. The van der Waals surface area contributed by atoms with Crippen molar-refractivity contribution in [3.63, 3.8) is 0 Å². The maximum absolute atomic E-state index is 12.2. The van der Waals surface area contributed by atoms with Crippen molar-refractivity contribution in [2.45, 2.75) is 51.6 Å². The summed E-state index contributed by atoms with van der Waals surface area (Å²) in [5.74, 6) is 0.249. The quantitative estimate of drug-likeness (QED) is 0.696. The predicted octanol–water partition coefficient (Wildman–Crippen LogP) is 1.73. The van der Waals surface area contributed by atoms with Crippen LogP contribution in [0.3, 0.4) is 0 Å². The van der Waals surface area contributed by atoms with E-state index in [1.807, 2.05) is 11.9 Å². The highest BCUT2D eigenvalue weighted by atomic mass is 16.2. The fourth-order valence-electron chi connectivity index (χ4n) is 2.58. The van der Waals surface area contributed by atoms with Gasteiger partial charge in [0.05, 0.1) is 5.54 Å². The molecule has 1 aliphatic heterocycles. The molecule has 2 unspecified atom stereocenters. The molecular weight excluding hydrogens is 188 g/mol. The molecule has 0 bridgehead atoms. The van der Waals surface area contributed by atoms with Gasteiger partial charge in [0.25, 0.3) is 0 Å². The summed E-state index contributed by atoms with van der Waals surface area (Å²) in [7, 11) is 4.00. The van der Waals surface area contributed by atoms with Crippen LogP contribution < -0.4 is 0 Å². The smallest absolute Gasteiger partial charge is 0.242 e. The summed E-state index contributed by atoms with van der Waals surface area (Å²) in [5.41, 5.74) is -0.231. The molecule has 0 aromatic carbocycles. The molecule has 0 saturated carbocycles. The number of amides is 1. The molecule has 0 N–H and O–H groups in total. The fourth-order valence-corrected chi connectivity index (χ4v) is 2.58. The Labute approximate surface area is 93.4 Å². The minimum Gasteiger partial charge on any atom is -0.342 e. The molecule has 15 heavy (non-hydrogen) atoms. The maximum atomic E-state index is 12.2. The number of hydrogen-bond acceptors (Lipinski definition) is 2. The molecule has 0 spiro atoms. The molecule has 2 atom stereocenters. The van der Waals surface area contributed by atoms with Crippen LogP contribution >= 0.6 is 0 Å². The van der Waals surface area contributed by atoms with E-state index in [9.17, 15) is 4.79 Å². The van der Waals surface area contributed by atoms with Crippen molar-refractivity contribution in [2.75, 3.05) is 20.6 Å². The van der Waals surface area contributed by atoms with Crippen LogP contribution in [-0.2, 0) is 4.79 Å².